The molecule has 1 unspecified atom stereocenters. The Morgan fingerprint density at radius 1 is 1.07 bits per heavy atom. The number of nitrogens with one attached hydrogen (secondary N) is 1. The summed E-state index contributed by atoms with van der Waals surface area (Å²) in [4.78, 5) is 0. The lowest BCUT2D eigenvalue weighted by atomic mass is 9.78. The molecule has 2 nitrogen and oxygen atoms in total. The highest BCUT2D eigenvalue weighted by Gasteiger charge is 2.24. The van der Waals surface area contributed by atoms with E-state index in [1.54, 1.807) is 0 Å². The summed E-state index contributed by atoms with van der Waals surface area (Å²) >= 11 is 0. The van der Waals surface area contributed by atoms with Crippen LogP contribution in [-0.4, -0.2) is 26.3 Å². The summed E-state index contributed by atoms with van der Waals surface area (Å²) in [6.45, 7) is 1.98. The minimum atomic E-state index is 0.762. The van der Waals surface area contributed by atoms with Crippen LogP contribution >= 0.6 is 0 Å². The average Bonchev–Trinajstić information content (AvgIpc) is 2.23. The highest BCUT2D eigenvalue weighted by Crippen LogP contribution is 2.32. The molecule has 15 heavy (non-hydrogen) atoms. The predicted octanol–water partition coefficient (Wildman–Crippen LogP) is 2.58. The van der Waals surface area contributed by atoms with Gasteiger partial charge in [0, 0.05) is 19.3 Å². The summed E-state index contributed by atoms with van der Waals surface area (Å²) in [6, 6.07) is 0.762. The Morgan fingerprint density at radius 2 is 1.67 bits per heavy atom. The first-order chi connectivity index (χ1) is 7.38. The average molecular weight is 211 g/mol. The molecule has 1 aliphatic carbocycles. The molecule has 1 heterocycles. The van der Waals surface area contributed by atoms with E-state index in [1.165, 1.54) is 44.9 Å². The monoisotopic (exact) mass is 211 g/mol. The van der Waals surface area contributed by atoms with Crippen molar-refractivity contribution in [2.75, 3.05) is 20.3 Å². The molecule has 1 aliphatic heterocycles. The Hall–Kier alpha value is -0.0800. The van der Waals surface area contributed by atoms with Gasteiger partial charge in [-0.25, -0.2) is 0 Å². The normalized spacial score (nSPS) is 26.2. The van der Waals surface area contributed by atoms with E-state index < -0.39 is 0 Å². The molecular formula is C13H25NO. The SMILES string of the molecule is CNC(CC1CCC1)CC1CCOCC1. The summed E-state index contributed by atoms with van der Waals surface area (Å²) in [6.07, 6.45) is 9.77. The van der Waals surface area contributed by atoms with Gasteiger partial charge in [-0.2, -0.15) is 0 Å². The zero-order chi connectivity index (χ0) is 10.5. The quantitative estimate of drug-likeness (QED) is 0.754. The lowest BCUT2D eigenvalue weighted by Crippen LogP contribution is -2.33. The molecule has 0 aromatic heterocycles. The van der Waals surface area contributed by atoms with Gasteiger partial charge in [0.05, 0.1) is 0 Å². The Kier molecular flexibility index (Phi) is 4.45. The molecule has 1 atom stereocenters. The zero-order valence-corrected chi connectivity index (χ0v) is 10.0. The fraction of sp³-hybridized carbons (Fsp3) is 1.00. The molecule has 1 saturated heterocycles. The molecule has 88 valence electrons. The van der Waals surface area contributed by atoms with Crippen LogP contribution in [0.5, 0.6) is 0 Å². The number of hydrogen-bond acceptors (Lipinski definition) is 2. The minimum Gasteiger partial charge on any atom is -0.381 e. The van der Waals surface area contributed by atoms with E-state index >= 15 is 0 Å². The fourth-order valence-electron chi connectivity index (χ4n) is 2.85. The maximum absolute atomic E-state index is 5.41. The lowest BCUT2D eigenvalue weighted by Gasteiger charge is -2.32. The summed E-state index contributed by atoms with van der Waals surface area (Å²) in [5.74, 6) is 1.94. The van der Waals surface area contributed by atoms with Gasteiger partial charge in [-0.1, -0.05) is 19.3 Å². The highest BCUT2D eigenvalue weighted by atomic mass is 16.5. The minimum absolute atomic E-state index is 0.762. The third kappa shape index (κ3) is 3.46. The van der Waals surface area contributed by atoms with Crippen molar-refractivity contribution >= 4 is 0 Å². The summed E-state index contributed by atoms with van der Waals surface area (Å²) in [5.41, 5.74) is 0. The molecule has 2 aliphatic rings. The highest BCUT2D eigenvalue weighted by molar-refractivity contribution is 4.79. The van der Waals surface area contributed by atoms with Crippen LogP contribution in [0.2, 0.25) is 0 Å². The first-order valence-corrected chi connectivity index (χ1v) is 6.63. The second kappa shape index (κ2) is 5.86. The van der Waals surface area contributed by atoms with Crippen molar-refractivity contribution in [3.05, 3.63) is 0 Å². The molecule has 0 spiro atoms. The molecule has 1 saturated carbocycles. The zero-order valence-electron chi connectivity index (χ0n) is 10.0. The van der Waals surface area contributed by atoms with Crippen LogP contribution in [-0.2, 0) is 4.74 Å². The molecule has 0 amide bonds. The largest absolute Gasteiger partial charge is 0.381 e. The van der Waals surface area contributed by atoms with Gasteiger partial charge >= 0.3 is 0 Å². The van der Waals surface area contributed by atoms with Crippen molar-refractivity contribution in [1.29, 1.82) is 0 Å². The fourth-order valence-corrected chi connectivity index (χ4v) is 2.85. The van der Waals surface area contributed by atoms with E-state index in [9.17, 15) is 0 Å². The van der Waals surface area contributed by atoms with Crippen molar-refractivity contribution in [3.8, 4) is 0 Å². The van der Waals surface area contributed by atoms with Crippen molar-refractivity contribution in [2.45, 2.75) is 51.0 Å². The van der Waals surface area contributed by atoms with E-state index in [0.717, 1.165) is 31.1 Å². The summed E-state index contributed by atoms with van der Waals surface area (Å²) < 4.78 is 5.41. The number of hydrogen-bond donors (Lipinski definition) is 1. The Labute approximate surface area is 93.8 Å². The molecule has 2 heteroatoms. The van der Waals surface area contributed by atoms with Crippen molar-refractivity contribution < 1.29 is 4.74 Å². The number of rotatable bonds is 5. The molecule has 2 fully saturated rings. The first kappa shape index (κ1) is 11.4. The van der Waals surface area contributed by atoms with Gasteiger partial charge in [0.1, 0.15) is 0 Å². The van der Waals surface area contributed by atoms with Gasteiger partial charge in [-0.3, -0.25) is 0 Å². The van der Waals surface area contributed by atoms with Gasteiger partial charge in [0.2, 0.25) is 0 Å². The third-order valence-electron chi connectivity index (χ3n) is 4.21. The lowest BCUT2D eigenvalue weighted by molar-refractivity contribution is 0.0591. The Morgan fingerprint density at radius 3 is 2.13 bits per heavy atom. The van der Waals surface area contributed by atoms with Crippen LogP contribution in [0, 0.1) is 11.8 Å². The second-order valence-electron chi connectivity index (χ2n) is 5.31. The van der Waals surface area contributed by atoms with Gasteiger partial charge in [-0.05, 0) is 44.6 Å². The molecule has 1 N–H and O–H groups in total. The van der Waals surface area contributed by atoms with Crippen molar-refractivity contribution in [3.63, 3.8) is 0 Å². The predicted molar refractivity (Wildman–Crippen MR) is 63.0 cm³/mol. The van der Waals surface area contributed by atoms with Crippen molar-refractivity contribution in [2.24, 2.45) is 11.8 Å². The van der Waals surface area contributed by atoms with E-state index in [-0.39, 0.29) is 0 Å². The summed E-state index contributed by atoms with van der Waals surface area (Å²) in [5, 5.41) is 3.51. The maximum Gasteiger partial charge on any atom is 0.0468 e. The van der Waals surface area contributed by atoms with Crippen LogP contribution < -0.4 is 5.32 Å². The van der Waals surface area contributed by atoms with Gasteiger partial charge in [0.15, 0.2) is 0 Å². The molecule has 0 aromatic rings. The van der Waals surface area contributed by atoms with E-state index in [0.29, 0.717) is 0 Å². The van der Waals surface area contributed by atoms with E-state index in [1.807, 2.05) is 0 Å². The van der Waals surface area contributed by atoms with Crippen LogP contribution in [0.4, 0.5) is 0 Å². The van der Waals surface area contributed by atoms with Gasteiger partial charge < -0.3 is 10.1 Å². The van der Waals surface area contributed by atoms with Crippen molar-refractivity contribution in [1.82, 2.24) is 5.32 Å². The molecule has 0 bridgehead atoms. The summed E-state index contributed by atoms with van der Waals surface area (Å²) in [7, 11) is 2.13. The van der Waals surface area contributed by atoms with E-state index in [4.69, 9.17) is 4.74 Å². The standard InChI is InChI=1S/C13H25NO/c1-14-13(9-11-3-2-4-11)10-12-5-7-15-8-6-12/h11-14H,2-10H2,1H3. The van der Waals surface area contributed by atoms with Crippen LogP contribution in [0.3, 0.4) is 0 Å². The Bertz CT molecular complexity index is 173. The topological polar surface area (TPSA) is 21.3 Å². The molecule has 0 radical (unpaired) electrons. The second-order valence-corrected chi connectivity index (χ2v) is 5.31. The van der Waals surface area contributed by atoms with Gasteiger partial charge in [-0.15, -0.1) is 0 Å². The van der Waals surface area contributed by atoms with Crippen LogP contribution in [0.1, 0.15) is 44.9 Å². The number of ether oxygens (including phenoxy) is 1. The molecule has 0 aromatic carbocycles. The Balaban J connectivity index is 1.68. The maximum atomic E-state index is 5.41. The first-order valence-electron chi connectivity index (χ1n) is 6.63. The molecular weight excluding hydrogens is 186 g/mol. The van der Waals surface area contributed by atoms with Crippen LogP contribution in [0.25, 0.3) is 0 Å². The smallest absolute Gasteiger partial charge is 0.0468 e. The van der Waals surface area contributed by atoms with Gasteiger partial charge in [0.25, 0.3) is 0 Å². The van der Waals surface area contributed by atoms with E-state index in [2.05, 4.69) is 12.4 Å². The molecule has 2 rings (SSSR count). The van der Waals surface area contributed by atoms with Crippen LogP contribution in [0.15, 0.2) is 0 Å². The third-order valence-corrected chi connectivity index (χ3v) is 4.21.